The monoisotopic (exact) mass is 389 g/mol. The van der Waals surface area contributed by atoms with Crippen molar-refractivity contribution >= 4 is 33.3 Å². The van der Waals surface area contributed by atoms with E-state index >= 15 is 0 Å². The van der Waals surface area contributed by atoms with Crippen molar-refractivity contribution in [3.05, 3.63) is 80.8 Å². The third-order valence-corrected chi connectivity index (χ3v) is 5.25. The molecule has 1 N–H and O–H groups in total. The lowest BCUT2D eigenvalue weighted by Crippen LogP contribution is -2.04. The van der Waals surface area contributed by atoms with E-state index < -0.39 is 11.3 Å². The summed E-state index contributed by atoms with van der Waals surface area (Å²) < 4.78 is 10.7. The number of fused-ring (bicyclic) bond motifs is 2. The maximum absolute atomic E-state index is 12.4. The second kappa shape index (κ2) is 6.17. The largest absolute Gasteiger partial charge is 0.508 e. The van der Waals surface area contributed by atoms with Crippen molar-refractivity contribution in [3.8, 4) is 27.6 Å². The summed E-state index contributed by atoms with van der Waals surface area (Å²) in [6.45, 7) is 0. The number of aromatic nitrogens is 1. The zero-order chi connectivity index (χ0) is 19.3. The van der Waals surface area contributed by atoms with Gasteiger partial charge in [0, 0.05) is 22.2 Å². The lowest BCUT2D eigenvalue weighted by atomic mass is 10.1. The Hall–Kier alpha value is -3.71. The van der Waals surface area contributed by atoms with Crippen molar-refractivity contribution in [2.75, 3.05) is 0 Å². The van der Waals surface area contributed by atoms with Crippen molar-refractivity contribution in [1.29, 1.82) is 0 Å². The number of benzene rings is 2. The van der Waals surface area contributed by atoms with Gasteiger partial charge in [0.2, 0.25) is 0 Å². The van der Waals surface area contributed by atoms with Crippen LogP contribution in [0.1, 0.15) is 0 Å². The zero-order valence-corrected chi connectivity index (χ0v) is 15.0. The number of rotatable bonds is 2. The molecule has 0 aliphatic rings. The van der Waals surface area contributed by atoms with Gasteiger partial charge >= 0.3 is 11.3 Å². The van der Waals surface area contributed by atoms with Gasteiger partial charge in [0.1, 0.15) is 21.9 Å². The normalized spacial score (nSPS) is 11.3. The van der Waals surface area contributed by atoms with Crippen molar-refractivity contribution < 1.29 is 13.9 Å². The average molecular weight is 389 g/mol. The highest BCUT2D eigenvalue weighted by atomic mass is 32.1. The number of aromatic hydroxyl groups is 1. The Morgan fingerprint density at radius 3 is 2.43 bits per heavy atom. The highest BCUT2D eigenvalue weighted by Gasteiger charge is 2.16. The summed E-state index contributed by atoms with van der Waals surface area (Å²) in [5.74, 6) is 0.0166. The smallest absolute Gasteiger partial charge is 0.346 e. The van der Waals surface area contributed by atoms with Gasteiger partial charge < -0.3 is 13.9 Å². The molecule has 0 bridgehead atoms. The van der Waals surface area contributed by atoms with E-state index in [2.05, 4.69) is 4.98 Å². The quantitative estimate of drug-likeness (QED) is 0.450. The van der Waals surface area contributed by atoms with E-state index in [4.69, 9.17) is 8.83 Å². The second-order valence-corrected chi connectivity index (χ2v) is 7.05. The zero-order valence-electron chi connectivity index (χ0n) is 14.2. The molecule has 2 aromatic carbocycles. The minimum Gasteiger partial charge on any atom is -0.508 e. The third kappa shape index (κ3) is 2.69. The number of phenolic OH excluding ortho intramolecular Hbond substituents is 1. The van der Waals surface area contributed by atoms with Crippen LogP contribution in [0.4, 0.5) is 0 Å². The predicted octanol–water partition coefficient (Wildman–Crippen LogP) is 4.40. The first kappa shape index (κ1) is 16.5. The minimum atomic E-state index is -0.565. The van der Waals surface area contributed by atoms with Gasteiger partial charge in [-0.05, 0) is 30.3 Å². The van der Waals surface area contributed by atoms with Crippen LogP contribution in [-0.4, -0.2) is 10.1 Å². The van der Waals surface area contributed by atoms with Crippen LogP contribution in [0, 0.1) is 0 Å². The van der Waals surface area contributed by atoms with Crippen molar-refractivity contribution in [3.63, 3.8) is 0 Å². The van der Waals surface area contributed by atoms with Crippen LogP contribution in [0.3, 0.4) is 0 Å². The molecule has 0 aliphatic heterocycles. The summed E-state index contributed by atoms with van der Waals surface area (Å²) in [5, 5.41) is 13.1. The molecule has 0 atom stereocenters. The average Bonchev–Trinajstić information content (AvgIpc) is 3.16. The first-order chi connectivity index (χ1) is 13.6. The van der Waals surface area contributed by atoms with Gasteiger partial charge in [-0.1, -0.05) is 18.2 Å². The second-order valence-electron chi connectivity index (χ2n) is 6.19. The van der Waals surface area contributed by atoms with E-state index in [1.54, 1.807) is 35.7 Å². The molecule has 0 amide bonds. The molecule has 7 heteroatoms. The van der Waals surface area contributed by atoms with Gasteiger partial charge in [0.25, 0.3) is 0 Å². The van der Waals surface area contributed by atoms with Crippen molar-refractivity contribution in [2.24, 2.45) is 0 Å². The fraction of sp³-hybridized carbons (Fsp3) is 0. The Morgan fingerprint density at radius 1 is 0.821 bits per heavy atom. The third-order valence-electron chi connectivity index (χ3n) is 4.37. The van der Waals surface area contributed by atoms with Crippen molar-refractivity contribution in [1.82, 2.24) is 4.98 Å². The summed E-state index contributed by atoms with van der Waals surface area (Å²) in [5.41, 5.74) is 0.799. The van der Waals surface area contributed by atoms with E-state index in [-0.39, 0.29) is 5.75 Å². The molecule has 5 rings (SSSR count). The molecular weight excluding hydrogens is 378 g/mol. The van der Waals surface area contributed by atoms with Crippen LogP contribution in [0.2, 0.25) is 0 Å². The molecule has 0 radical (unpaired) electrons. The molecular formula is C21H11NO5S. The Morgan fingerprint density at radius 2 is 1.54 bits per heavy atom. The number of thiazole rings is 1. The van der Waals surface area contributed by atoms with Crippen LogP contribution in [0.5, 0.6) is 5.75 Å². The summed E-state index contributed by atoms with van der Waals surface area (Å²) >= 11 is 1.24. The molecule has 0 fully saturated rings. The molecule has 3 aromatic heterocycles. The number of hydrogen-bond acceptors (Lipinski definition) is 7. The Labute approximate surface area is 160 Å². The first-order valence-corrected chi connectivity index (χ1v) is 9.22. The lowest BCUT2D eigenvalue weighted by Gasteiger charge is -2.01. The summed E-state index contributed by atoms with van der Waals surface area (Å²) in [4.78, 5) is 29.2. The molecule has 136 valence electrons. The highest BCUT2D eigenvalue weighted by molar-refractivity contribution is 7.13. The summed E-state index contributed by atoms with van der Waals surface area (Å²) in [7, 11) is 0. The molecule has 6 nitrogen and oxygen atoms in total. The van der Waals surface area contributed by atoms with E-state index in [1.165, 1.54) is 23.5 Å². The van der Waals surface area contributed by atoms with Crippen LogP contribution in [0.15, 0.2) is 78.4 Å². The number of para-hydroxylation sites is 1. The fourth-order valence-corrected chi connectivity index (χ4v) is 3.83. The van der Waals surface area contributed by atoms with Gasteiger partial charge in [-0.2, -0.15) is 0 Å². The molecule has 0 saturated carbocycles. The van der Waals surface area contributed by atoms with Gasteiger partial charge in [-0.3, -0.25) is 0 Å². The highest BCUT2D eigenvalue weighted by Crippen LogP contribution is 2.29. The Bertz CT molecular complexity index is 1480. The van der Waals surface area contributed by atoms with E-state index in [0.29, 0.717) is 38.4 Å². The minimum absolute atomic E-state index is 0.0166. The predicted molar refractivity (Wildman–Crippen MR) is 107 cm³/mol. The van der Waals surface area contributed by atoms with Gasteiger partial charge in [0.05, 0.1) is 16.8 Å². The topological polar surface area (TPSA) is 93.5 Å². The van der Waals surface area contributed by atoms with E-state index in [1.807, 2.05) is 12.1 Å². The van der Waals surface area contributed by atoms with Crippen molar-refractivity contribution in [2.45, 2.75) is 0 Å². The number of nitrogens with zero attached hydrogens (tertiary/aromatic N) is 1. The summed E-state index contributed by atoms with van der Waals surface area (Å²) in [6, 6.07) is 15.2. The fourth-order valence-electron chi connectivity index (χ4n) is 3.01. The van der Waals surface area contributed by atoms with Crippen LogP contribution in [-0.2, 0) is 0 Å². The molecule has 0 spiro atoms. The SMILES string of the molecule is O=c1oc2ccccc2cc1-c1csc(-c2cc3ccc(O)cc3oc2=O)n1. The molecule has 0 aliphatic carbocycles. The molecule has 0 saturated heterocycles. The maximum Gasteiger partial charge on any atom is 0.346 e. The van der Waals surface area contributed by atoms with Crippen LogP contribution in [0.25, 0.3) is 43.8 Å². The van der Waals surface area contributed by atoms with Crippen LogP contribution >= 0.6 is 11.3 Å². The molecule has 3 heterocycles. The maximum atomic E-state index is 12.4. The van der Waals surface area contributed by atoms with Crippen LogP contribution < -0.4 is 11.3 Å². The van der Waals surface area contributed by atoms with Gasteiger partial charge in [0.15, 0.2) is 0 Å². The van der Waals surface area contributed by atoms with E-state index in [9.17, 15) is 14.7 Å². The number of hydrogen-bond donors (Lipinski definition) is 1. The summed E-state index contributed by atoms with van der Waals surface area (Å²) in [6.07, 6.45) is 0. The first-order valence-electron chi connectivity index (χ1n) is 8.34. The molecule has 28 heavy (non-hydrogen) atoms. The van der Waals surface area contributed by atoms with E-state index in [0.717, 1.165) is 5.39 Å². The number of phenols is 1. The molecule has 5 aromatic rings. The standard InChI is InChI=1S/C21H11NO5S/c23-13-6-5-12-8-15(21(25)27-18(12)9-13)19-22-16(10-28-19)14-7-11-3-1-2-4-17(11)26-20(14)24/h1-10,23H. The Kier molecular flexibility index (Phi) is 3.63. The van der Waals surface area contributed by atoms with Gasteiger partial charge in [-0.15, -0.1) is 11.3 Å². The van der Waals surface area contributed by atoms with Gasteiger partial charge in [-0.25, -0.2) is 14.6 Å². The lowest BCUT2D eigenvalue weighted by molar-refractivity contribution is 0.473. The Balaban J connectivity index is 1.64. The molecule has 0 unspecified atom stereocenters.